The van der Waals surface area contributed by atoms with Gasteiger partial charge in [0.05, 0.1) is 18.0 Å². The van der Waals surface area contributed by atoms with Crippen LogP contribution in [0, 0.1) is 0 Å². The highest BCUT2D eigenvalue weighted by Gasteiger charge is 2.35. The normalized spacial score (nSPS) is 22.2. The maximum absolute atomic E-state index is 13.3. The molecule has 11 heteroatoms. The number of fused-ring (bicyclic) bond motifs is 1. The molecule has 3 aliphatic rings. The molecule has 0 spiro atoms. The molecule has 2 amide bonds. The van der Waals surface area contributed by atoms with Crippen molar-refractivity contribution in [1.82, 2.24) is 14.9 Å². The third-order valence-corrected chi connectivity index (χ3v) is 7.74. The van der Waals surface area contributed by atoms with Crippen LogP contribution in [0.4, 0.5) is 0 Å². The summed E-state index contributed by atoms with van der Waals surface area (Å²) in [6, 6.07) is 4.48. The number of hydrogen-bond acceptors (Lipinski definition) is 7. The van der Waals surface area contributed by atoms with Crippen molar-refractivity contribution in [3.63, 3.8) is 0 Å². The number of nitrogens with zero attached hydrogens (tertiary/aromatic N) is 1. The highest BCUT2D eigenvalue weighted by molar-refractivity contribution is 7.89. The third-order valence-electron chi connectivity index (χ3n) is 5.86. The molecule has 10 nitrogen and oxygen atoms in total. The lowest BCUT2D eigenvalue weighted by Gasteiger charge is -2.34. The average Bonchev–Trinajstić information content (AvgIpc) is 2.83. The molecule has 1 aromatic rings. The number of rotatable bonds is 5. The van der Waals surface area contributed by atoms with E-state index in [1.807, 2.05) is 0 Å². The number of carbonyl (C=O) groups is 2. The van der Waals surface area contributed by atoms with Gasteiger partial charge in [0, 0.05) is 18.7 Å². The van der Waals surface area contributed by atoms with E-state index in [-0.39, 0.29) is 24.0 Å². The topological polar surface area (TPSA) is 123 Å². The quantitative estimate of drug-likeness (QED) is 0.613. The molecule has 2 heterocycles. The largest absolute Gasteiger partial charge is 0.486 e. The predicted molar refractivity (Wildman–Crippen MR) is 114 cm³/mol. The van der Waals surface area contributed by atoms with E-state index in [1.165, 1.54) is 16.4 Å². The van der Waals surface area contributed by atoms with E-state index < -0.39 is 28.1 Å². The van der Waals surface area contributed by atoms with Gasteiger partial charge in [0.15, 0.2) is 11.5 Å². The molecule has 1 atom stereocenters. The molecule has 0 aromatic heterocycles. The van der Waals surface area contributed by atoms with E-state index in [0.29, 0.717) is 37.7 Å². The summed E-state index contributed by atoms with van der Waals surface area (Å²) in [4.78, 5) is 24.5. The predicted octanol–water partition coefficient (Wildman–Crippen LogP) is 0.760. The van der Waals surface area contributed by atoms with E-state index in [0.717, 1.165) is 32.1 Å². The molecule has 0 unspecified atom stereocenters. The van der Waals surface area contributed by atoms with Gasteiger partial charge < -0.3 is 24.8 Å². The Morgan fingerprint density at radius 1 is 0.969 bits per heavy atom. The molecule has 1 aliphatic carbocycles. The SMILES string of the molecule is O=C(NC[C@H]1OCCCN1S(=O)(=O)c1ccc2c(c1)OCCO2)C(=O)NC1CCCCC1. The molecule has 2 aliphatic heterocycles. The van der Waals surface area contributed by atoms with E-state index in [9.17, 15) is 18.0 Å². The smallest absolute Gasteiger partial charge is 0.309 e. The van der Waals surface area contributed by atoms with Crippen molar-refractivity contribution in [3.8, 4) is 11.5 Å². The van der Waals surface area contributed by atoms with Crippen LogP contribution in [-0.2, 0) is 24.3 Å². The van der Waals surface area contributed by atoms with Gasteiger partial charge in [0.2, 0.25) is 10.0 Å². The number of nitrogens with one attached hydrogen (secondary N) is 2. The minimum Gasteiger partial charge on any atom is -0.486 e. The van der Waals surface area contributed by atoms with Gasteiger partial charge in [0.1, 0.15) is 19.4 Å². The van der Waals surface area contributed by atoms with E-state index in [4.69, 9.17) is 14.2 Å². The molecular formula is C21H29N3O7S. The van der Waals surface area contributed by atoms with Gasteiger partial charge in [-0.25, -0.2) is 8.42 Å². The van der Waals surface area contributed by atoms with E-state index in [2.05, 4.69) is 10.6 Å². The molecule has 2 N–H and O–H groups in total. The summed E-state index contributed by atoms with van der Waals surface area (Å²) in [7, 11) is -3.91. The Hall–Kier alpha value is -2.37. The van der Waals surface area contributed by atoms with Crippen LogP contribution in [0.3, 0.4) is 0 Å². The minimum absolute atomic E-state index is 0.0139. The van der Waals surface area contributed by atoms with Crippen molar-refractivity contribution in [2.45, 2.75) is 55.7 Å². The fourth-order valence-corrected chi connectivity index (χ4v) is 5.76. The number of benzene rings is 1. The zero-order valence-corrected chi connectivity index (χ0v) is 18.7. The number of amides is 2. The molecule has 2 fully saturated rings. The summed E-state index contributed by atoms with van der Waals surface area (Å²) in [6.45, 7) is 1.24. The lowest BCUT2D eigenvalue weighted by Crippen LogP contribution is -2.53. The lowest BCUT2D eigenvalue weighted by atomic mass is 9.95. The number of carbonyl (C=O) groups excluding carboxylic acids is 2. The number of ether oxygens (including phenoxy) is 3. The minimum atomic E-state index is -3.91. The van der Waals surface area contributed by atoms with Crippen LogP contribution >= 0.6 is 0 Å². The summed E-state index contributed by atoms with van der Waals surface area (Å²) in [5, 5.41) is 5.27. The van der Waals surface area contributed by atoms with Gasteiger partial charge >= 0.3 is 11.8 Å². The Morgan fingerprint density at radius 2 is 1.72 bits per heavy atom. The van der Waals surface area contributed by atoms with E-state index >= 15 is 0 Å². The van der Waals surface area contributed by atoms with Crippen molar-refractivity contribution in [2.24, 2.45) is 0 Å². The summed E-state index contributed by atoms with van der Waals surface area (Å²) in [6.07, 6.45) is 4.57. The Kier molecular flexibility index (Phi) is 7.17. The second-order valence-electron chi connectivity index (χ2n) is 8.12. The van der Waals surface area contributed by atoms with Crippen LogP contribution < -0.4 is 20.1 Å². The number of sulfonamides is 1. The summed E-state index contributed by atoms with van der Waals surface area (Å²) >= 11 is 0. The monoisotopic (exact) mass is 467 g/mol. The average molecular weight is 468 g/mol. The van der Waals surface area contributed by atoms with Gasteiger partial charge in [-0.05, 0) is 31.4 Å². The molecule has 4 rings (SSSR count). The number of hydrogen-bond donors (Lipinski definition) is 2. The summed E-state index contributed by atoms with van der Waals surface area (Å²) in [5.74, 6) is -0.618. The Balaban J connectivity index is 1.40. The van der Waals surface area contributed by atoms with Gasteiger partial charge in [-0.1, -0.05) is 19.3 Å². The van der Waals surface area contributed by atoms with Crippen molar-refractivity contribution >= 4 is 21.8 Å². The van der Waals surface area contributed by atoms with Crippen LogP contribution in [0.2, 0.25) is 0 Å². The maximum atomic E-state index is 13.3. The van der Waals surface area contributed by atoms with Crippen LogP contribution in [-0.4, -0.2) is 69.7 Å². The highest BCUT2D eigenvalue weighted by Crippen LogP contribution is 2.34. The summed E-state index contributed by atoms with van der Waals surface area (Å²) < 4.78 is 44.4. The zero-order valence-electron chi connectivity index (χ0n) is 17.9. The Morgan fingerprint density at radius 3 is 2.50 bits per heavy atom. The first-order valence-corrected chi connectivity index (χ1v) is 12.5. The molecule has 1 saturated carbocycles. The third kappa shape index (κ3) is 5.16. The van der Waals surface area contributed by atoms with Gasteiger partial charge in [-0.3, -0.25) is 9.59 Å². The highest BCUT2D eigenvalue weighted by atomic mass is 32.2. The van der Waals surface area contributed by atoms with Crippen LogP contribution in [0.1, 0.15) is 38.5 Å². The van der Waals surface area contributed by atoms with Crippen molar-refractivity contribution in [3.05, 3.63) is 18.2 Å². The first kappa shape index (κ1) is 22.8. The summed E-state index contributed by atoms with van der Waals surface area (Å²) in [5.41, 5.74) is 0. The first-order valence-electron chi connectivity index (χ1n) is 11.1. The molecular weight excluding hydrogens is 438 g/mol. The first-order chi connectivity index (χ1) is 15.4. The van der Waals surface area contributed by atoms with Crippen LogP contribution in [0.5, 0.6) is 11.5 Å². The van der Waals surface area contributed by atoms with Crippen LogP contribution in [0.15, 0.2) is 23.1 Å². The lowest BCUT2D eigenvalue weighted by molar-refractivity contribution is -0.140. The van der Waals surface area contributed by atoms with Crippen molar-refractivity contribution in [2.75, 3.05) is 32.9 Å². The molecule has 0 radical (unpaired) electrons. The Labute approximate surface area is 187 Å². The fraction of sp³-hybridized carbons (Fsp3) is 0.619. The van der Waals surface area contributed by atoms with Gasteiger partial charge in [-0.2, -0.15) is 4.31 Å². The zero-order chi connectivity index (χ0) is 22.6. The van der Waals surface area contributed by atoms with Gasteiger partial charge in [-0.15, -0.1) is 0 Å². The second-order valence-corrected chi connectivity index (χ2v) is 10.0. The Bertz CT molecular complexity index is 947. The molecule has 1 aromatic carbocycles. The second kappa shape index (κ2) is 10.1. The molecule has 1 saturated heterocycles. The van der Waals surface area contributed by atoms with Crippen LogP contribution in [0.25, 0.3) is 0 Å². The van der Waals surface area contributed by atoms with Crippen molar-refractivity contribution in [1.29, 1.82) is 0 Å². The maximum Gasteiger partial charge on any atom is 0.309 e. The standard InChI is InChI=1S/C21H29N3O7S/c25-20(21(26)23-15-5-2-1-3-6-15)22-14-19-24(9-4-10-31-19)32(27,28)16-7-8-17-18(13-16)30-12-11-29-17/h7-8,13,15,19H,1-6,9-12,14H2,(H,22,25)(H,23,26)/t19-/m1/s1. The van der Waals surface area contributed by atoms with Crippen molar-refractivity contribution < 1.29 is 32.2 Å². The fourth-order valence-electron chi connectivity index (χ4n) is 4.18. The van der Waals surface area contributed by atoms with E-state index in [1.54, 1.807) is 6.07 Å². The molecule has 32 heavy (non-hydrogen) atoms. The molecule has 0 bridgehead atoms. The van der Waals surface area contributed by atoms with Gasteiger partial charge in [0.25, 0.3) is 0 Å². The molecule has 176 valence electrons.